The van der Waals surface area contributed by atoms with Crippen molar-refractivity contribution in [2.24, 2.45) is 0 Å². The summed E-state index contributed by atoms with van der Waals surface area (Å²) in [7, 11) is 0. The van der Waals surface area contributed by atoms with Crippen LogP contribution in [0.15, 0.2) is 31.0 Å². The Morgan fingerprint density at radius 1 is 1.23 bits per heavy atom. The predicted octanol–water partition coefficient (Wildman–Crippen LogP) is 3.37. The molecule has 1 aromatic carbocycles. The molecule has 0 radical (unpaired) electrons. The fraction of sp³-hybridized carbons (Fsp3) is 0.333. The zero-order valence-corrected chi connectivity index (χ0v) is 8.43. The topological polar surface area (TPSA) is 12.0 Å². The molecule has 0 atom stereocenters. The lowest BCUT2D eigenvalue weighted by molar-refractivity contribution is 1.09. The average molecular weight is 175 g/mol. The van der Waals surface area contributed by atoms with E-state index in [2.05, 4.69) is 43.9 Å². The van der Waals surface area contributed by atoms with E-state index in [1.165, 1.54) is 16.8 Å². The second kappa shape index (κ2) is 4.70. The number of rotatable bonds is 4. The Morgan fingerprint density at radius 2 is 1.77 bits per heavy atom. The lowest BCUT2D eigenvalue weighted by Gasteiger charge is -2.12. The third kappa shape index (κ3) is 2.11. The van der Waals surface area contributed by atoms with Gasteiger partial charge in [-0.1, -0.05) is 38.6 Å². The van der Waals surface area contributed by atoms with Crippen LogP contribution in [0.4, 0.5) is 5.69 Å². The molecule has 70 valence electrons. The second-order valence-corrected chi connectivity index (χ2v) is 3.01. The number of hydrogen-bond acceptors (Lipinski definition) is 1. The fourth-order valence-electron chi connectivity index (χ4n) is 1.53. The van der Waals surface area contributed by atoms with Gasteiger partial charge in [-0.3, -0.25) is 0 Å². The van der Waals surface area contributed by atoms with Crippen LogP contribution in [0.2, 0.25) is 0 Å². The lowest BCUT2D eigenvalue weighted by Crippen LogP contribution is -1.97. The van der Waals surface area contributed by atoms with Gasteiger partial charge in [0.15, 0.2) is 0 Å². The molecule has 0 bridgehead atoms. The van der Waals surface area contributed by atoms with E-state index in [-0.39, 0.29) is 0 Å². The van der Waals surface area contributed by atoms with E-state index < -0.39 is 0 Å². The van der Waals surface area contributed by atoms with E-state index in [9.17, 15) is 0 Å². The molecule has 1 rings (SSSR count). The van der Waals surface area contributed by atoms with Crippen molar-refractivity contribution >= 4 is 5.69 Å². The SMILES string of the molecule is C=CNc1c(CC)cccc1CC. The third-order valence-electron chi connectivity index (χ3n) is 2.25. The monoisotopic (exact) mass is 175 g/mol. The predicted molar refractivity (Wildman–Crippen MR) is 59.0 cm³/mol. The molecule has 0 unspecified atom stereocenters. The molecule has 1 heteroatoms. The number of para-hydroxylation sites is 1. The van der Waals surface area contributed by atoms with E-state index in [1.54, 1.807) is 6.20 Å². The smallest absolute Gasteiger partial charge is 0.0444 e. The summed E-state index contributed by atoms with van der Waals surface area (Å²) >= 11 is 0. The Balaban J connectivity index is 3.12. The Labute approximate surface area is 80.5 Å². The normalized spacial score (nSPS) is 9.69. The Hall–Kier alpha value is -1.24. The minimum Gasteiger partial charge on any atom is -0.362 e. The van der Waals surface area contributed by atoms with Crippen molar-refractivity contribution in [1.82, 2.24) is 0 Å². The molecule has 0 fully saturated rings. The van der Waals surface area contributed by atoms with Crippen LogP contribution < -0.4 is 5.32 Å². The highest BCUT2D eigenvalue weighted by Gasteiger charge is 2.02. The van der Waals surface area contributed by atoms with Gasteiger partial charge in [0.1, 0.15) is 0 Å². The molecule has 0 aliphatic carbocycles. The number of anilines is 1. The van der Waals surface area contributed by atoms with Crippen molar-refractivity contribution in [2.75, 3.05) is 5.32 Å². The first-order valence-corrected chi connectivity index (χ1v) is 4.81. The Bertz CT molecular complexity index is 267. The molecule has 0 aromatic heterocycles. The molecule has 1 N–H and O–H groups in total. The average Bonchev–Trinajstić information content (AvgIpc) is 2.18. The summed E-state index contributed by atoms with van der Waals surface area (Å²) in [6, 6.07) is 6.43. The fourth-order valence-corrected chi connectivity index (χ4v) is 1.53. The second-order valence-electron chi connectivity index (χ2n) is 3.01. The number of benzene rings is 1. The summed E-state index contributed by atoms with van der Waals surface area (Å²) in [6.07, 6.45) is 3.86. The molecule has 0 spiro atoms. The van der Waals surface area contributed by atoms with Crippen LogP contribution >= 0.6 is 0 Å². The molecular formula is C12H17N. The molecule has 1 aromatic rings. The van der Waals surface area contributed by atoms with Crippen molar-refractivity contribution in [3.8, 4) is 0 Å². The number of hydrogen-bond donors (Lipinski definition) is 1. The summed E-state index contributed by atoms with van der Waals surface area (Å²) < 4.78 is 0. The lowest BCUT2D eigenvalue weighted by atomic mass is 10.0. The van der Waals surface area contributed by atoms with Gasteiger partial charge in [-0.25, -0.2) is 0 Å². The van der Waals surface area contributed by atoms with E-state index in [4.69, 9.17) is 0 Å². The summed E-state index contributed by atoms with van der Waals surface area (Å²) in [5.41, 5.74) is 3.96. The first kappa shape index (κ1) is 9.85. The van der Waals surface area contributed by atoms with Gasteiger partial charge in [-0.15, -0.1) is 0 Å². The van der Waals surface area contributed by atoms with Gasteiger partial charge in [0, 0.05) is 5.69 Å². The van der Waals surface area contributed by atoms with E-state index >= 15 is 0 Å². The highest BCUT2D eigenvalue weighted by atomic mass is 14.8. The van der Waals surface area contributed by atoms with Crippen molar-refractivity contribution in [3.05, 3.63) is 42.1 Å². The van der Waals surface area contributed by atoms with Crippen LogP contribution in [0.1, 0.15) is 25.0 Å². The Morgan fingerprint density at radius 3 is 2.15 bits per heavy atom. The number of nitrogens with one attached hydrogen (secondary N) is 1. The highest BCUT2D eigenvalue weighted by molar-refractivity contribution is 5.59. The zero-order valence-electron chi connectivity index (χ0n) is 8.43. The summed E-state index contributed by atoms with van der Waals surface area (Å²) in [5, 5.41) is 3.21. The maximum Gasteiger partial charge on any atom is 0.0444 e. The van der Waals surface area contributed by atoms with Crippen LogP contribution in [0.3, 0.4) is 0 Å². The quantitative estimate of drug-likeness (QED) is 0.739. The van der Waals surface area contributed by atoms with Gasteiger partial charge >= 0.3 is 0 Å². The Kier molecular flexibility index (Phi) is 3.56. The highest BCUT2D eigenvalue weighted by Crippen LogP contribution is 2.22. The van der Waals surface area contributed by atoms with Gasteiger partial charge < -0.3 is 5.32 Å². The van der Waals surface area contributed by atoms with Gasteiger partial charge in [-0.05, 0) is 30.2 Å². The largest absolute Gasteiger partial charge is 0.362 e. The summed E-state index contributed by atoms with van der Waals surface area (Å²) in [6.45, 7) is 8.04. The standard InChI is InChI=1S/C12H17N/c1-4-10-8-7-9-11(5-2)12(10)13-6-3/h6-9,13H,3-5H2,1-2H3. The molecule has 0 saturated heterocycles. The number of aryl methyl sites for hydroxylation is 2. The van der Waals surface area contributed by atoms with Crippen LogP contribution in [-0.2, 0) is 12.8 Å². The van der Waals surface area contributed by atoms with Crippen molar-refractivity contribution in [2.45, 2.75) is 26.7 Å². The maximum atomic E-state index is 3.70. The minimum atomic E-state index is 1.06. The van der Waals surface area contributed by atoms with Gasteiger partial charge in [0.05, 0.1) is 0 Å². The van der Waals surface area contributed by atoms with Crippen molar-refractivity contribution in [1.29, 1.82) is 0 Å². The van der Waals surface area contributed by atoms with Crippen LogP contribution in [-0.4, -0.2) is 0 Å². The summed E-state index contributed by atoms with van der Waals surface area (Å²) in [4.78, 5) is 0. The third-order valence-corrected chi connectivity index (χ3v) is 2.25. The zero-order chi connectivity index (χ0) is 9.68. The first-order valence-electron chi connectivity index (χ1n) is 4.81. The molecule has 1 nitrogen and oxygen atoms in total. The molecule has 0 heterocycles. The van der Waals surface area contributed by atoms with Gasteiger partial charge in [-0.2, -0.15) is 0 Å². The molecule has 0 aliphatic heterocycles. The van der Waals surface area contributed by atoms with Crippen molar-refractivity contribution < 1.29 is 0 Å². The molecular weight excluding hydrogens is 158 g/mol. The van der Waals surface area contributed by atoms with Gasteiger partial charge in [0.25, 0.3) is 0 Å². The van der Waals surface area contributed by atoms with Crippen LogP contribution in [0.5, 0.6) is 0 Å². The molecule has 0 amide bonds. The maximum absolute atomic E-state index is 3.70. The minimum absolute atomic E-state index is 1.06. The van der Waals surface area contributed by atoms with Crippen molar-refractivity contribution in [3.63, 3.8) is 0 Å². The van der Waals surface area contributed by atoms with Crippen LogP contribution in [0.25, 0.3) is 0 Å². The van der Waals surface area contributed by atoms with Crippen LogP contribution in [0, 0.1) is 0 Å². The first-order chi connectivity index (χ1) is 6.33. The van der Waals surface area contributed by atoms with E-state index in [1.807, 2.05) is 0 Å². The molecule has 0 aliphatic rings. The van der Waals surface area contributed by atoms with E-state index in [0.717, 1.165) is 12.8 Å². The molecule has 0 saturated carbocycles. The molecule has 13 heavy (non-hydrogen) atoms. The summed E-state index contributed by atoms with van der Waals surface area (Å²) in [5.74, 6) is 0. The van der Waals surface area contributed by atoms with Gasteiger partial charge in [0.2, 0.25) is 0 Å². The van der Waals surface area contributed by atoms with E-state index in [0.29, 0.717) is 0 Å².